The zero-order valence-electron chi connectivity index (χ0n) is 15.4. The summed E-state index contributed by atoms with van der Waals surface area (Å²) in [6.45, 7) is 4.56. The fourth-order valence-electron chi connectivity index (χ4n) is 3.64. The number of rotatable bonds is 6. The topological polar surface area (TPSA) is 66.9 Å². The molecule has 0 atom stereocenters. The molecule has 0 N–H and O–H groups in total. The molecule has 2 saturated heterocycles. The van der Waals surface area contributed by atoms with Gasteiger partial charge >= 0.3 is 0 Å². The van der Waals surface area contributed by atoms with Gasteiger partial charge in [-0.15, -0.1) is 11.3 Å². The summed E-state index contributed by atoms with van der Waals surface area (Å²) in [5.41, 5.74) is -0.433. The zero-order chi connectivity index (χ0) is 18.6. The Kier molecular flexibility index (Phi) is 6.37. The number of sulfonamides is 1. The average Bonchev–Trinajstić information content (AvgIpc) is 3.14. The standard InChI is InChI=1S/C18H28N2O4S2/c1-2-3-13-26(22,23)20-10-11-24-18(15-20)6-8-19(9-7-18)17(21)14-16-5-4-12-25-16/h4-5,12H,2-3,6-11,13-15H2,1H3. The minimum Gasteiger partial charge on any atom is -0.372 e. The molecule has 1 spiro atoms. The summed E-state index contributed by atoms with van der Waals surface area (Å²) in [6, 6.07) is 3.94. The van der Waals surface area contributed by atoms with Crippen LogP contribution in [0.3, 0.4) is 0 Å². The largest absolute Gasteiger partial charge is 0.372 e. The van der Waals surface area contributed by atoms with Crippen LogP contribution in [0.4, 0.5) is 0 Å². The molecule has 26 heavy (non-hydrogen) atoms. The van der Waals surface area contributed by atoms with Crippen molar-refractivity contribution in [1.82, 2.24) is 9.21 Å². The number of piperidine rings is 1. The first-order valence-electron chi connectivity index (χ1n) is 9.36. The first-order chi connectivity index (χ1) is 12.4. The van der Waals surface area contributed by atoms with Crippen LogP contribution in [0.5, 0.6) is 0 Å². The minimum absolute atomic E-state index is 0.144. The van der Waals surface area contributed by atoms with E-state index in [1.54, 1.807) is 15.6 Å². The summed E-state index contributed by atoms with van der Waals surface area (Å²) in [5.74, 6) is 0.357. The Hall–Kier alpha value is -0.960. The average molecular weight is 401 g/mol. The first-order valence-corrected chi connectivity index (χ1v) is 11.8. The van der Waals surface area contributed by atoms with Crippen molar-refractivity contribution in [3.05, 3.63) is 22.4 Å². The van der Waals surface area contributed by atoms with Gasteiger partial charge in [0.2, 0.25) is 15.9 Å². The van der Waals surface area contributed by atoms with Crippen LogP contribution in [0.25, 0.3) is 0 Å². The Morgan fingerprint density at radius 3 is 2.73 bits per heavy atom. The number of hydrogen-bond acceptors (Lipinski definition) is 5. The van der Waals surface area contributed by atoms with Gasteiger partial charge in [-0.05, 0) is 30.7 Å². The van der Waals surface area contributed by atoms with Gasteiger partial charge in [0.15, 0.2) is 0 Å². The SMILES string of the molecule is CCCCS(=O)(=O)N1CCOC2(CCN(C(=O)Cc3cccs3)CC2)C1. The van der Waals surface area contributed by atoms with Crippen LogP contribution < -0.4 is 0 Å². The maximum absolute atomic E-state index is 12.5. The highest BCUT2D eigenvalue weighted by molar-refractivity contribution is 7.89. The molecular weight excluding hydrogens is 372 g/mol. The third-order valence-electron chi connectivity index (χ3n) is 5.30. The summed E-state index contributed by atoms with van der Waals surface area (Å²) in [5, 5.41) is 1.98. The van der Waals surface area contributed by atoms with Gasteiger partial charge in [-0.1, -0.05) is 19.4 Å². The zero-order valence-corrected chi connectivity index (χ0v) is 17.0. The summed E-state index contributed by atoms with van der Waals surface area (Å²) in [7, 11) is -3.21. The number of ether oxygens (including phenoxy) is 1. The van der Waals surface area contributed by atoms with Crippen LogP contribution in [0.2, 0.25) is 0 Å². The molecule has 0 bridgehead atoms. The Bertz CT molecular complexity index is 695. The highest BCUT2D eigenvalue weighted by Gasteiger charge is 2.43. The number of morpholine rings is 1. The molecule has 3 heterocycles. The predicted octanol–water partition coefficient (Wildman–Crippen LogP) is 2.11. The number of thiophene rings is 1. The fourth-order valence-corrected chi connectivity index (χ4v) is 6.04. The van der Waals surface area contributed by atoms with E-state index in [9.17, 15) is 13.2 Å². The smallest absolute Gasteiger partial charge is 0.227 e. The monoisotopic (exact) mass is 400 g/mol. The fraction of sp³-hybridized carbons (Fsp3) is 0.722. The lowest BCUT2D eigenvalue weighted by Gasteiger charge is -2.46. The van der Waals surface area contributed by atoms with Crippen molar-refractivity contribution >= 4 is 27.3 Å². The van der Waals surface area contributed by atoms with E-state index in [-0.39, 0.29) is 11.7 Å². The molecule has 0 radical (unpaired) electrons. The van der Waals surface area contributed by atoms with Crippen LogP contribution in [-0.2, 0) is 26.0 Å². The molecule has 3 rings (SSSR count). The Balaban J connectivity index is 1.56. The van der Waals surface area contributed by atoms with E-state index in [2.05, 4.69) is 0 Å². The lowest BCUT2D eigenvalue weighted by molar-refractivity contribution is -0.144. The van der Waals surface area contributed by atoms with E-state index in [1.807, 2.05) is 29.3 Å². The molecule has 1 amide bonds. The van der Waals surface area contributed by atoms with Crippen LogP contribution in [0, 0.1) is 0 Å². The summed E-state index contributed by atoms with van der Waals surface area (Å²) < 4.78 is 32.7. The molecule has 6 nitrogen and oxygen atoms in total. The number of likely N-dealkylation sites (tertiary alicyclic amines) is 1. The molecule has 0 saturated carbocycles. The maximum atomic E-state index is 12.5. The second-order valence-corrected chi connectivity index (χ2v) is 10.3. The van der Waals surface area contributed by atoms with Crippen LogP contribution in [0.1, 0.15) is 37.5 Å². The molecule has 2 fully saturated rings. The van der Waals surface area contributed by atoms with E-state index < -0.39 is 15.6 Å². The number of unbranched alkanes of at least 4 members (excludes halogenated alkanes) is 1. The van der Waals surface area contributed by atoms with Crippen molar-refractivity contribution < 1.29 is 17.9 Å². The first kappa shape index (κ1) is 19.8. The van der Waals surface area contributed by atoms with Crippen LogP contribution in [0.15, 0.2) is 17.5 Å². The number of amides is 1. The summed E-state index contributed by atoms with van der Waals surface area (Å²) >= 11 is 1.60. The molecule has 0 aliphatic carbocycles. The number of nitrogens with zero attached hydrogens (tertiary/aromatic N) is 2. The van der Waals surface area contributed by atoms with Gasteiger partial charge in [0, 0.05) is 31.1 Å². The van der Waals surface area contributed by atoms with Gasteiger partial charge in [-0.3, -0.25) is 4.79 Å². The third kappa shape index (κ3) is 4.65. The van der Waals surface area contributed by atoms with E-state index in [0.29, 0.717) is 58.5 Å². The van der Waals surface area contributed by atoms with Gasteiger partial charge in [0.05, 0.1) is 24.4 Å². The second-order valence-electron chi connectivity index (χ2n) is 7.17. The van der Waals surface area contributed by atoms with Gasteiger partial charge in [-0.2, -0.15) is 4.31 Å². The van der Waals surface area contributed by atoms with Gasteiger partial charge in [0.25, 0.3) is 0 Å². The van der Waals surface area contributed by atoms with Crippen LogP contribution >= 0.6 is 11.3 Å². The molecule has 0 unspecified atom stereocenters. The lowest BCUT2D eigenvalue weighted by Crippen LogP contribution is -2.58. The van der Waals surface area contributed by atoms with E-state index >= 15 is 0 Å². The highest BCUT2D eigenvalue weighted by Crippen LogP contribution is 2.31. The van der Waals surface area contributed by atoms with Crippen molar-refractivity contribution in [2.24, 2.45) is 0 Å². The number of carbonyl (C=O) groups excluding carboxylic acids is 1. The molecule has 1 aromatic rings. The maximum Gasteiger partial charge on any atom is 0.227 e. The molecule has 1 aromatic heterocycles. The van der Waals surface area contributed by atoms with Crippen molar-refractivity contribution in [2.45, 2.75) is 44.6 Å². The number of hydrogen-bond donors (Lipinski definition) is 0. The molecule has 8 heteroatoms. The summed E-state index contributed by atoms with van der Waals surface area (Å²) in [4.78, 5) is 15.4. The quantitative estimate of drug-likeness (QED) is 0.734. The molecule has 2 aliphatic rings. The van der Waals surface area contributed by atoms with E-state index in [4.69, 9.17) is 4.74 Å². The van der Waals surface area contributed by atoms with Crippen LogP contribution in [-0.4, -0.2) is 67.7 Å². The van der Waals surface area contributed by atoms with Crippen molar-refractivity contribution in [3.8, 4) is 0 Å². The molecular formula is C18H28N2O4S2. The Morgan fingerprint density at radius 2 is 2.08 bits per heavy atom. The predicted molar refractivity (Wildman–Crippen MR) is 103 cm³/mol. The summed E-state index contributed by atoms with van der Waals surface area (Å²) in [6.07, 6.45) is 3.41. The van der Waals surface area contributed by atoms with Gasteiger partial charge in [-0.25, -0.2) is 8.42 Å². The molecule has 146 valence electrons. The Morgan fingerprint density at radius 1 is 1.31 bits per heavy atom. The molecule has 0 aromatic carbocycles. The lowest BCUT2D eigenvalue weighted by atomic mass is 9.90. The normalized spacial score (nSPS) is 21.2. The van der Waals surface area contributed by atoms with Gasteiger partial charge in [0.1, 0.15) is 0 Å². The van der Waals surface area contributed by atoms with Gasteiger partial charge < -0.3 is 9.64 Å². The van der Waals surface area contributed by atoms with E-state index in [1.165, 1.54) is 0 Å². The third-order valence-corrected chi connectivity index (χ3v) is 8.08. The Labute approximate surface area is 160 Å². The molecule has 2 aliphatic heterocycles. The van der Waals surface area contributed by atoms with Crippen molar-refractivity contribution in [2.75, 3.05) is 38.5 Å². The second kappa shape index (κ2) is 8.37. The number of carbonyl (C=O) groups is 1. The van der Waals surface area contributed by atoms with Crippen molar-refractivity contribution in [1.29, 1.82) is 0 Å². The van der Waals surface area contributed by atoms with E-state index in [0.717, 1.165) is 11.3 Å². The van der Waals surface area contributed by atoms with Crippen molar-refractivity contribution in [3.63, 3.8) is 0 Å². The highest BCUT2D eigenvalue weighted by atomic mass is 32.2. The minimum atomic E-state index is -3.21.